The van der Waals surface area contributed by atoms with Crippen LogP contribution in [0.3, 0.4) is 0 Å². The van der Waals surface area contributed by atoms with Crippen LogP contribution >= 0.6 is 25.6 Å². The van der Waals surface area contributed by atoms with Crippen LogP contribution in [0.5, 0.6) is 0 Å². The second-order valence-electron chi connectivity index (χ2n) is 0.514. The molecule has 0 heterocycles. The standard InChI is InChI=1S/CH5NOS2/c3-1-2(4)5/h3-5H,1H2. The monoisotopic (exact) mass is 111 g/mol. The Hall–Kier alpha value is 0.620. The summed E-state index contributed by atoms with van der Waals surface area (Å²) in [6.07, 6.45) is 0. The Kier molecular flexibility index (Phi) is 3.19. The molecule has 5 heavy (non-hydrogen) atoms. The summed E-state index contributed by atoms with van der Waals surface area (Å²) in [6, 6.07) is 0. The quantitative estimate of drug-likeness (QED) is 0.326. The summed E-state index contributed by atoms with van der Waals surface area (Å²) in [5.74, 6) is 0. The van der Waals surface area contributed by atoms with E-state index in [-0.39, 0.29) is 6.73 Å². The molecule has 0 saturated carbocycles. The molecule has 4 heteroatoms. The van der Waals surface area contributed by atoms with Crippen molar-refractivity contribution in [2.24, 2.45) is 0 Å². The smallest absolute Gasteiger partial charge is 0.115 e. The number of rotatable bonds is 1. The van der Waals surface area contributed by atoms with E-state index < -0.39 is 0 Å². The van der Waals surface area contributed by atoms with Crippen molar-refractivity contribution in [2.75, 3.05) is 6.73 Å². The molecule has 0 bridgehead atoms. The molecule has 0 unspecified atom stereocenters. The van der Waals surface area contributed by atoms with Gasteiger partial charge in [-0.2, -0.15) is 3.71 Å². The van der Waals surface area contributed by atoms with Gasteiger partial charge in [-0.05, 0) is 0 Å². The lowest BCUT2D eigenvalue weighted by Crippen LogP contribution is -1.95. The van der Waals surface area contributed by atoms with Crippen LogP contribution in [0, 0.1) is 0 Å². The third-order valence-electron chi connectivity index (χ3n) is 0.126. The lowest BCUT2D eigenvalue weighted by molar-refractivity contribution is 0.251. The Labute approximate surface area is 41.9 Å². The van der Waals surface area contributed by atoms with Crippen LogP contribution < -0.4 is 0 Å². The minimum absolute atomic E-state index is 0.133. The van der Waals surface area contributed by atoms with Crippen molar-refractivity contribution in [2.45, 2.75) is 0 Å². The summed E-state index contributed by atoms with van der Waals surface area (Å²) in [7, 11) is 0. The van der Waals surface area contributed by atoms with Crippen molar-refractivity contribution >= 4 is 25.6 Å². The van der Waals surface area contributed by atoms with Gasteiger partial charge in [0.1, 0.15) is 6.73 Å². The van der Waals surface area contributed by atoms with E-state index in [4.69, 9.17) is 5.11 Å². The van der Waals surface area contributed by atoms with Gasteiger partial charge in [-0.25, -0.2) is 0 Å². The lowest BCUT2D eigenvalue weighted by atomic mass is 11.4. The van der Waals surface area contributed by atoms with Gasteiger partial charge in [-0.3, -0.25) is 0 Å². The highest BCUT2D eigenvalue weighted by Gasteiger charge is 1.76. The maximum atomic E-state index is 7.92. The summed E-state index contributed by atoms with van der Waals surface area (Å²) in [6.45, 7) is -0.133. The third kappa shape index (κ3) is 4.62. The summed E-state index contributed by atoms with van der Waals surface area (Å²) >= 11 is 7.09. The molecule has 0 amide bonds. The van der Waals surface area contributed by atoms with Crippen LogP contribution in [0.2, 0.25) is 0 Å². The topological polar surface area (TPSA) is 23.5 Å². The molecule has 0 aromatic heterocycles. The van der Waals surface area contributed by atoms with Gasteiger partial charge in [0.2, 0.25) is 0 Å². The predicted molar refractivity (Wildman–Crippen MR) is 26.9 cm³/mol. The van der Waals surface area contributed by atoms with Crippen LogP contribution in [-0.2, 0) is 0 Å². The zero-order valence-corrected chi connectivity index (χ0v) is 4.28. The van der Waals surface area contributed by atoms with Gasteiger partial charge in [0.05, 0.1) is 0 Å². The summed E-state index contributed by atoms with van der Waals surface area (Å²) < 4.78 is 1.07. The molecule has 0 saturated heterocycles. The normalized spacial score (nSPS) is 9.60. The first-order valence-corrected chi connectivity index (χ1v) is 1.83. The Balaban J connectivity index is 2.54. The van der Waals surface area contributed by atoms with E-state index in [1.807, 2.05) is 0 Å². The van der Waals surface area contributed by atoms with Crippen molar-refractivity contribution in [1.29, 1.82) is 0 Å². The number of hydrogen-bond acceptors (Lipinski definition) is 4. The minimum Gasteiger partial charge on any atom is -0.379 e. The fourth-order valence-corrected chi connectivity index (χ4v) is 0. The maximum Gasteiger partial charge on any atom is 0.115 e. The van der Waals surface area contributed by atoms with Crippen LogP contribution in [0.1, 0.15) is 0 Å². The van der Waals surface area contributed by atoms with Crippen molar-refractivity contribution in [3.8, 4) is 0 Å². The highest BCUT2D eigenvalue weighted by atomic mass is 32.2. The lowest BCUT2D eigenvalue weighted by Gasteiger charge is -1.95. The Morgan fingerprint density at radius 1 is 1.60 bits per heavy atom. The Morgan fingerprint density at radius 2 is 1.80 bits per heavy atom. The number of thiol groups is 2. The molecular formula is CH5NOS2. The fraction of sp³-hybridized carbons (Fsp3) is 1.00. The largest absolute Gasteiger partial charge is 0.379 e. The second kappa shape index (κ2) is 2.84. The number of aliphatic hydroxyl groups excluding tert-OH is 1. The van der Waals surface area contributed by atoms with E-state index in [1.165, 1.54) is 0 Å². The predicted octanol–water partition coefficient (Wildman–Crippen LogP) is -0.0722. The number of nitrogens with zero attached hydrogens (tertiary/aromatic N) is 1. The van der Waals surface area contributed by atoms with Crippen molar-refractivity contribution in [3.05, 3.63) is 0 Å². The molecular weight excluding hydrogens is 106 g/mol. The van der Waals surface area contributed by atoms with E-state index in [0.717, 1.165) is 3.71 Å². The SMILES string of the molecule is OCN(S)S. The molecule has 0 fully saturated rings. The molecule has 0 rings (SSSR count). The van der Waals surface area contributed by atoms with Gasteiger partial charge in [0.15, 0.2) is 0 Å². The molecule has 0 aromatic carbocycles. The maximum absolute atomic E-state index is 7.92. The molecule has 2 nitrogen and oxygen atoms in total. The van der Waals surface area contributed by atoms with E-state index in [9.17, 15) is 0 Å². The Morgan fingerprint density at radius 3 is 1.80 bits per heavy atom. The molecule has 32 valence electrons. The van der Waals surface area contributed by atoms with E-state index in [1.54, 1.807) is 0 Å². The molecule has 1 N–H and O–H groups in total. The first-order chi connectivity index (χ1) is 2.27. The minimum atomic E-state index is -0.133. The van der Waals surface area contributed by atoms with E-state index in [0.29, 0.717) is 0 Å². The molecule has 0 aromatic rings. The van der Waals surface area contributed by atoms with Crippen LogP contribution in [0.25, 0.3) is 0 Å². The first kappa shape index (κ1) is 5.62. The highest BCUT2D eigenvalue weighted by molar-refractivity contribution is 7.93. The Bertz CT molecular complexity index is 23.6. The van der Waals surface area contributed by atoms with E-state index >= 15 is 0 Å². The summed E-state index contributed by atoms with van der Waals surface area (Å²) in [4.78, 5) is 0. The van der Waals surface area contributed by atoms with Crippen LogP contribution in [0.15, 0.2) is 0 Å². The van der Waals surface area contributed by atoms with Crippen molar-refractivity contribution < 1.29 is 5.11 Å². The highest BCUT2D eigenvalue weighted by Crippen LogP contribution is 1.90. The van der Waals surface area contributed by atoms with Gasteiger partial charge in [0.25, 0.3) is 0 Å². The van der Waals surface area contributed by atoms with Crippen LogP contribution in [0.4, 0.5) is 0 Å². The van der Waals surface area contributed by atoms with Gasteiger partial charge < -0.3 is 5.11 Å². The zero-order chi connectivity index (χ0) is 4.28. The fourth-order valence-electron chi connectivity index (χ4n) is 0. The molecule has 0 aliphatic rings. The van der Waals surface area contributed by atoms with Crippen molar-refractivity contribution in [1.82, 2.24) is 3.71 Å². The average molecular weight is 111 g/mol. The summed E-state index contributed by atoms with van der Waals surface area (Å²) in [5.41, 5.74) is 0. The molecule has 0 radical (unpaired) electrons. The zero-order valence-electron chi connectivity index (χ0n) is 2.50. The molecule has 0 aliphatic heterocycles. The van der Waals surface area contributed by atoms with Crippen molar-refractivity contribution in [3.63, 3.8) is 0 Å². The molecule has 0 spiro atoms. The van der Waals surface area contributed by atoms with Gasteiger partial charge in [-0.1, -0.05) is 25.6 Å². The second-order valence-corrected chi connectivity index (χ2v) is 1.79. The number of aliphatic hydroxyl groups is 1. The van der Waals surface area contributed by atoms with Gasteiger partial charge in [0, 0.05) is 0 Å². The van der Waals surface area contributed by atoms with E-state index in [2.05, 4.69) is 25.6 Å². The van der Waals surface area contributed by atoms with Gasteiger partial charge in [-0.15, -0.1) is 0 Å². The third-order valence-corrected chi connectivity index (χ3v) is 0.379. The first-order valence-electron chi connectivity index (χ1n) is 1.03. The average Bonchev–Trinajstić information content (AvgIpc) is 1.38. The van der Waals surface area contributed by atoms with Gasteiger partial charge >= 0.3 is 0 Å². The molecule has 0 atom stereocenters. The summed E-state index contributed by atoms with van der Waals surface area (Å²) in [5, 5.41) is 7.92. The number of hydrogen-bond donors (Lipinski definition) is 3. The van der Waals surface area contributed by atoms with Crippen LogP contribution in [-0.4, -0.2) is 15.5 Å². The molecule has 0 aliphatic carbocycles.